The van der Waals surface area contributed by atoms with Gasteiger partial charge in [0.1, 0.15) is 0 Å². The van der Waals surface area contributed by atoms with Gasteiger partial charge in [-0.25, -0.2) is 4.98 Å². The highest BCUT2D eigenvalue weighted by Crippen LogP contribution is 2.28. The fourth-order valence-electron chi connectivity index (χ4n) is 2.39. The summed E-state index contributed by atoms with van der Waals surface area (Å²) in [6, 6.07) is 5.96. The quantitative estimate of drug-likeness (QED) is 0.819. The molecule has 1 atom stereocenters. The number of nitrogens with zero attached hydrogens (tertiary/aromatic N) is 2. The third-order valence-electron chi connectivity index (χ3n) is 3.31. The van der Waals surface area contributed by atoms with Crippen molar-refractivity contribution in [1.29, 1.82) is 0 Å². The number of halogens is 2. The van der Waals surface area contributed by atoms with Gasteiger partial charge in [-0.1, -0.05) is 11.6 Å². The van der Waals surface area contributed by atoms with E-state index in [-0.39, 0.29) is 0 Å². The highest BCUT2D eigenvalue weighted by atomic mass is 127. The molecule has 1 N–H and O–H groups in total. The molecule has 5 heteroatoms. The van der Waals surface area contributed by atoms with E-state index in [0.29, 0.717) is 5.92 Å². The summed E-state index contributed by atoms with van der Waals surface area (Å²) in [7, 11) is 0. The Labute approximate surface area is 125 Å². The van der Waals surface area contributed by atoms with Crippen LogP contribution in [0.5, 0.6) is 0 Å². The lowest BCUT2D eigenvalue weighted by Gasteiger charge is -2.14. The van der Waals surface area contributed by atoms with Crippen molar-refractivity contribution in [3.8, 4) is 5.69 Å². The van der Waals surface area contributed by atoms with Gasteiger partial charge >= 0.3 is 0 Å². The topological polar surface area (TPSA) is 29.9 Å². The summed E-state index contributed by atoms with van der Waals surface area (Å²) in [5, 5.41) is 4.17. The lowest BCUT2D eigenvalue weighted by Crippen LogP contribution is -2.11. The molecule has 1 aromatic heterocycles. The van der Waals surface area contributed by atoms with Gasteiger partial charge in [0.2, 0.25) is 0 Å². The molecule has 0 amide bonds. The number of hydrogen-bond donors (Lipinski definition) is 1. The third-order valence-corrected chi connectivity index (χ3v) is 4.41. The van der Waals surface area contributed by atoms with Crippen LogP contribution in [0.2, 0.25) is 5.02 Å². The molecule has 1 unspecified atom stereocenters. The van der Waals surface area contributed by atoms with Crippen molar-refractivity contribution in [3.05, 3.63) is 45.0 Å². The maximum absolute atomic E-state index is 6.01. The van der Waals surface area contributed by atoms with Crippen molar-refractivity contribution >= 4 is 34.2 Å². The van der Waals surface area contributed by atoms with Gasteiger partial charge in [-0.3, -0.25) is 0 Å². The molecule has 0 saturated carbocycles. The first-order chi connectivity index (χ1) is 8.75. The van der Waals surface area contributed by atoms with Crippen LogP contribution in [0.15, 0.2) is 30.7 Å². The highest BCUT2D eigenvalue weighted by molar-refractivity contribution is 14.1. The number of rotatable bonds is 2. The Morgan fingerprint density at radius 3 is 3.06 bits per heavy atom. The van der Waals surface area contributed by atoms with Crippen LogP contribution < -0.4 is 5.32 Å². The van der Waals surface area contributed by atoms with E-state index in [1.54, 1.807) is 0 Å². The molecule has 1 fully saturated rings. The molecule has 3 rings (SSSR count). The van der Waals surface area contributed by atoms with E-state index in [0.717, 1.165) is 27.4 Å². The molecule has 2 aromatic rings. The second-order valence-corrected chi connectivity index (χ2v) is 6.07. The van der Waals surface area contributed by atoms with Crippen LogP contribution in [-0.2, 0) is 0 Å². The Morgan fingerprint density at radius 1 is 1.44 bits per heavy atom. The maximum atomic E-state index is 6.01. The van der Waals surface area contributed by atoms with Crippen LogP contribution in [-0.4, -0.2) is 22.6 Å². The van der Waals surface area contributed by atoms with E-state index in [9.17, 15) is 0 Å². The molecule has 0 radical (unpaired) electrons. The Kier molecular flexibility index (Phi) is 3.59. The number of benzene rings is 1. The number of hydrogen-bond acceptors (Lipinski definition) is 2. The van der Waals surface area contributed by atoms with Crippen molar-refractivity contribution < 1.29 is 0 Å². The lowest BCUT2D eigenvalue weighted by molar-refractivity contribution is 0.713. The monoisotopic (exact) mass is 373 g/mol. The van der Waals surface area contributed by atoms with Gasteiger partial charge in [-0.2, -0.15) is 0 Å². The largest absolute Gasteiger partial charge is 0.316 e. The third kappa shape index (κ3) is 2.29. The first-order valence-corrected chi connectivity index (χ1v) is 7.40. The van der Waals surface area contributed by atoms with Gasteiger partial charge < -0.3 is 9.88 Å². The fraction of sp³-hybridized carbons (Fsp3) is 0.308. The van der Waals surface area contributed by atoms with E-state index in [1.165, 1.54) is 12.1 Å². The molecule has 3 nitrogen and oxygen atoms in total. The molecule has 2 heterocycles. The Morgan fingerprint density at radius 2 is 2.33 bits per heavy atom. The summed E-state index contributed by atoms with van der Waals surface area (Å²) >= 11 is 8.32. The van der Waals surface area contributed by atoms with E-state index >= 15 is 0 Å². The highest BCUT2D eigenvalue weighted by Gasteiger charge is 2.21. The molecule has 1 saturated heterocycles. The zero-order valence-electron chi connectivity index (χ0n) is 9.74. The number of nitrogens with one attached hydrogen (secondary N) is 1. The Bertz CT molecular complexity index is 561. The van der Waals surface area contributed by atoms with Crippen LogP contribution in [0.4, 0.5) is 0 Å². The normalized spacial score (nSPS) is 19.3. The maximum Gasteiger partial charge on any atom is 0.0994 e. The first-order valence-electron chi connectivity index (χ1n) is 5.94. The minimum absolute atomic E-state index is 0.555. The summed E-state index contributed by atoms with van der Waals surface area (Å²) in [6.07, 6.45) is 5.04. The molecule has 0 spiro atoms. The first kappa shape index (κ1) is 12.4. The molecular weight excluding hydrogens is 361 g/mol. The van der Waals surface area contributed by atoms with E-state index in [1.807, 2.05) is 24.7 Å². The molecule has 18 heavy (non-hydrogen) atoms. The number of imidazole rings is 1. The lowest BCUT2D eigenvalue weighted by atomic mass is 10.1. The van der Waals surface area contributed by atoms with Crippen LogP contribution >= 0.6 is 34.2 Å². The summed E-state index contributed by atoms with van der Waals surface area (Å²) in [5.74, 6) is 0.555. The van der Waals surface area contributed by atoms with Crippen molar-refractivity contribution in [2.45, 2.75) is 12.3 Å². The zero-order chi connectivity index (χ0) is 12.5. The SMILES string of the molecule is Clc1ccc(-n2cncc2C2CCNC2)c(I)c1. The average Bonchev–Trinajstić information content (AvgIpc) is 2.98. The molecule has 1 aliphatic rings. The second-order valence-electron chi connectivity index (χ2n) is 4.47. The molecule has 0 aliphatic carbocycles. The van der Waals surface area contributed by atoms with Gasteiger partial charge in [0.25, 0.3) is 0 Å². The van der Waals surface area contributed by atoms with Crippen molar-refractivity contribution in [3.63, 3.8) is 0 Å². The summed E-state index contributed by atoms with van der Waals surface area (Å²) in [6.45, 7) is 2.13. The van der Waals surface area contributed by atoms with E-state index < -0.39 is 0 Å². The molecule has 1 aromatic carbocycles. The van der Waals surface area contributed by atoms with Gasteiger partial charge in [-0.15, -0.1) is 0 Å². The standard InChI is InChI=1S/C13H13ClIN3/c14-10-1-2-12(11(15)5-10)18-8-17-7-13(18)9-3-4-16-6-9/h1-2,5,7-9,16H,3-4,6H2. The van der Waals surface area contributed by atoms with Crippen LogP contribution in [0.3, 0.4) is 0 Å². The van der Waals surface area contributed by atoms with Gasteiger partial charge in [-0.05, 0) is 53.8 Å². The number of aromatic nitrogens is 2. The van der Waals surface area contributed by atoms with Crippen molar-refractivity contribution in [1.82, 2.24) is 14.9 Å². The molecule has 1 aliphatic heterocycles. The fourth-order valence-corrected chi connectivity index (χ4v) is 3.52. The predicted octanol–water partition coefficient (Wildman–Crippen LogP) is 3.21. The molecule has 94 valence electrons. The summed E-state index contributed by atoms with van der Waals surface area (Å²) < 4.78 is 3.32. The average molecular weight is 374 g/mol. The van der Waals surface area contributed by atoms with Crippen LogP contribution in [0, 0.1) is 3.57 Å². The summed E-state index contributed by atoms with van der Waals surface area (Å²) in [5.41, 5.74) is 2.43. The van der Waals surface area contributed by atoms with Gasteiger partial charge in [0, 0.05) is 32.9 Å². The minimum atomic E-state index is 0.555. The predicted molar refractivity (Wildman–Crippen MR) is 81.5 cm³/mol. The minimum Gasteiger partial charge on any atom is -0.316 e. The Hall–Kier alpha value is -0.590. The smallest absolute Gasteiger partial charge is 0.0994 e. The van der Waals surface area contributed by atoms with Gasteiger partial charge in [0.15, 0.2) is 0 Å². The zero-order valence-corrected chi connectivity index (χ0v) is 12.6. The van der Waals surface area contributed by atoms with E-state index in [2.05, 4.69) is 43.5 Å². The van der Waals surface area contributed by atoms with Crippen molar-refractivity contribution in [2.75, 3.05) is 13.1 Å². The molecule has 0 bridgehead atoms. The van der Waals surface area contributed by atoms with Crippen LogP contribution in [0.25, 0.3) is 5.69 Å². The Balaban J connectivity index is 2.03. The summed E-state index contributed by atoms with van der Waals surface area (Å²) in [4.78, 5) is 4.31. The van der Waals surface area contributed by atoms with E-state index in [4.69, 9.17) is 11.6 Å². The van der Waals surface area contributed by atoms with Crippen LogP contribution in [0.1, 0.15) is 18.0 Å². The van der Waals surface area contributed by atoms with Crippen molar-refractivity contribution in [2.24, 2.45) is 0 Å². The second kappa shape index (κ2) is 5.19. The van der Waals surface area contributed by atoms with Gasteiger partial charge in [0.05, 0.1) is 12.0 Å². The molecular formula is C13H13ClIN3.